The first-order chi connectivity index (χ1) is 5.86. The molecular formula is C9H13NS2. The number of hydrogen-bond donors (Lipinski definition) is 2. The molecule has 1 aromatic heterocycles. The Morgan fingerprint density at radius 1 is 1.00 bits per heavy atom. The fourth-order valence-corrected chi connectivity index (χ4v) is 1.59. The van der Waals surface area contributed by atoms with Crippen LogP contribution in [-0.2, 0) is 12.8 Å². The summed E-state index contributed by atoms with van der Waals surface area (Å²) in [4.78, 5) is 4.15. The standard InChI is InChI=1S/C9H13NS2/c11-3-1-8-5-9(2-4-12)7-10-6-8/h5-7,11-12H,1-4H2. The minimum absolute atomic E-state index is 0.881. The van der Waals surface area contributed by atoms with E-state index in [1.807, 2.05) is 12.4 Å². The molecule has 0 amide bonds. The highest BCUT2D eigenvalue weighted by Gasteiger charge is 1.94. The van der Waals surface area contributed by atoms with E-state index >= 15 is 0 Å². The molecule has 1 heterocycles. The quantitative estimate of drug-likeness (QED) is 0.708. The summed E-state index contributed by atoms with van der Waals surface area (Å²) in [6, 6.07) is 2.18. The van der Waals surface area contributed by atoms with Crippen LogP contribution in [0.5, 0.6) is 0 Å². The minimum Gasteiger partial charge on any atom is -0.264 e. The van der Waals surface area contributed by atoms with Crippen molar-refractivity contribution in [2.75, 3.05) is 11.5 Å². The van der Waals surface area contributed by atoms with Gasteiger partial charge >= 0.3 is 0 Å². The Labute approximate surface area is 84.4 Å². The highest BCUT2D eigenvalue weighted by Crippen LogP contribution is 2.05. The van der Waals surface area contributed by atoms with Crippen molar-refractivity contribution in [3.63, 3.8) is 0 Å². The van der Waals surface area contributed by atoms with Gasteiger partial charge in [0.2, 0.25) is 0 Å². The number of thiol groups is 2. The van der Waals surface area contributed by atoms with Crippen molar-refractivity contribution >= 4 is 25.3 Å². The fourth-order valence-electron chi connectivity index (χ4n) is 1.07. The first-order valence-electron chi connectivity index (χ1n) is 4.01. The van der Waals surface area contributed by atoms with Crippen molar-refractivity contribution in [3.8, 4) is 0 Å². The van der Waals surface area contributed by atoms with Gasteiger partial charge in [-0.15, -0.1) is 0 Å². The lowest BCUT2D eigenvalue weighted by Crippen LogP contribution is -1.92. The van der Waals surface area contributed by atoms with E-state index in [0.29, 0.717) is 0 Å². The second-order valence-electron chi connectivity index (χ2n) is 2.65. The Bertz CT molecular complexity index is 216. The van der Waals surface area contributed by atoms with Gasteiger partial charge in [0.15, 0.2) is 0 Å². The molecule has 0 fully saturated rings. The van der Waals surface area contributed by atoms with Gasteiger partial charge in [0.1, 0.15) is 0 Å². The third-order valence-corrected chi connectivity index (χ3v) is 2.10. The van der Waals surface area contributed by atoms with Gasteiger partial charge in [0.25, 0.3) is 0 Å². The van der Waals surface area contributed by atoms with E-state index in [4.69, 9.17) is 0 Å². The summed E-state index contributed by atoms with van der Waals surface area (Å²) in [6.07, 6.45) is 5.80. The van der Waals surface area contributed by atoms with Gasteiger partial charge in [-0.2, -0.15) is 25.3 Å². The Morgan fingerprint density at radius 2 is 1.50 bits per heavy atom. The molecular weight excluding hydrogens is 186 g/mol. The van der Waals surface area contributed by atoms with Crippen LogP contribution in [0, 0.1) is 0 Å². The average Bonchev–Trinajstić information content (AvgIpc) is 2.06. The van der Waals surface area contributed by atoms with Crippen LogP contribution in [0.15, 0.2) is 18.5 Å². The van der Waals surface area contributed by atoms with Gasteiger partial charge in [-0.3, -0.25) is 4.98 Å². The summed E-state index contributed by atoms with van der Waals surface area (Å²) in [5.74, 6) is 1.76. The average molecular weight is 199 g/mol. The van der Waals surface area contributed by atoms with Gasteiger partial charge in [-0.1, -0.05) is 6.07 Å². The maximum absolute atomic E-state index is 4.18. The Balaban J connectivity index is 2.67. The number of nitrogens with zero attached hydrogens (tertiary/aromatic N) is 1. The zero-order chi connectivity index (χ0) is 8.81. The maximum Gasteiger partial charge on any atom is 0.0300 e. The lowest BCUT2D eigenvalue weighted by atomic mass is 10.1. The molecule has 0 aliphatic rings. The molecule has 1 rings (SSSR count). The van der Waals surface area contributed by atoms with Crippen molar-refractivity contribution < 1.29 is 0 Å². The predicted octanol–water partition coefficient (Wildman–Crippen LogP) is 2.03. The van der Waals surface area contributed by atoms with Crippen molar-refractivity contribution in [1.82, 2.24) is 4.98 Å². The topological polar surface area (TPSA) is 12.9 Å². The van der Waals surface area contributed by atoms with E-state index < -0.39 is 0 Å². The minimum atomic E-state index is 0.881. The smallest absolute Gasteiger partial charge is 0.0300 e. The number of rotatable bonds is 4. The van der Waals surface area contributed by atoms with Crippen molar-refractivity contribution in [1.29, 1.82) is 0 Å². The monoisotopic (exact) mass is 199 g/mol. The summed E-state index contributed by atoms with van der Waals surface area (Å²) in [5, 5.41) is 0. The molecule has 0 radical (unpaired) electrons. The summed E-state index contributed by atoms with van der Waals surface area (Å²) in [7, 11) is 0. The zero-order valence-corrected chi connectivity index (χ0v) is 8.69. The summed E-state index contributed by atoms with van der Waals surface area (Å²) < 4.78 is 0. The molecule has 0 atom stereocenters. The van der Waals surface area contributed by atoms with Gasteiger partial charge in [-0.25, -0.2) is 0 Å². The van der Waals surface area contributed by atoms with Crippen LogP contribution in [0.2, 0.25) is 0 Å². The van der Waals surface area contributed by atoms with E-state index in [0.717, 1.165) is 24.3 Å². The van der Waals surface area contributed by atoms with Crippen molar-refractivity contribution in [2.24, 2.45) is 0 Å². The lowest BCUT2D eigenvalue weighted by Gasteiger charge is -2.00. The van der Waals surface area contributed by atoms with Gasteiger partial charge in [-0.05, 0) is 35.5 Å². The third-order valence-electron chi connectivity index (χ3n) is 1.65. The van der Waals surface area contributed by atoms with E-state index in [9.17, 15) is 0 Å². The molecule has 0 bridgehead atoms. The first-order valence-corrected chi connectivity index (χ1v) is 5.28. The molecule has 1 nitrogen and oxygen atoms in total. The van der Waals surface area contributed by atoms with E-state index in [1.54, 1.807) is 0 Å². The van der Waals surface area contributed by atoms with Crippen LogP contribution in [0.4, 0.5) is 0 Å². The van der Waals surface area contributed by atoms with Crippen molar-refractivity contribution in [2.45, 2.75) is 12.8 Å². The van der Waals surface area contributed by atoms with Gasteiger partial charge in [0.05, 0.1) is 0 Å². The SMILES string of the molecule is SCCc1cncc(CCS)c1. The second-order valence-corrected chi connectivity index (χ2v) is 3.54. The van der Waals surface area contributed by atoms with Crippen LogP contribution < -0.4 is 0 Å². The van der Waals surface area contributed by atoms with Crippen LogP contribution >= 0.6 is 25.3 Å². The van der Waals surface area contributed by atoms with Crippen LogP contribution in [0.1, 0.15) is 11.1 Å². The molecule has 0 N–H and O–H groups in total. The number of aryl methyl sites for hydroxylation is 2. The third kappa shape index (κ3) is 3.07. The van der Waals surface area contributed by atoms with E-state index in [2.05, 4.69) is 36.3 Å². The molecule has 0 saturated heterocycles. The van der Waals surface area contributed by atoms with Crippen molar-refractivity contribution in [3.05, 3.63) is 29.6 Å². The van der Waals surface area contributed by atoms with Crippen LogP contribution in [0.25, 0.3) is 0 Å². The fraction of sp³-hybridized carbons (Fsp3) is 0.444. The molecule has 66 valence electrons. The highest BCUT2D eigenvalue weighted by molar-refractivity contribution is 7.80. The van der Waals surface area contributed by atoms with E-state index in [-0.39, 0.29) is 0 Å². The first kappa shape index (κ1) is 9.93. The van der Waals surface area contributed by atoms with E-state index in [1.165, 1.54) is 11.1 Å². The molecule has 0 unspecified atom stereocenters. The molecule has 0 spiro atoms. The lowest BCUT2D eigenvalue weighted by molar-refractivity contribution is 1.06. The number of aromatic nitrogens is 1. The molecule has 0 aromatic carbocycles. The normalized spacial score (nSPS) is 10.2. The molecule has 0 aliphatic carbocycles. The van der Waals surface area contributed by atoms with Gasteiger partial charge in [0, 0.05) is 12.4 Å². The summed E-state index contributed by atoms with van der Waals surface area (Å²) >= 11 is 8.35. The summed E-state index contributed by atoms with van der Waals surface area (Å²) in [6.45, 7) is 0. The highest BCUT2D eigenvalue weighted by atomic mass is 32.1. The number of pyridine rings is 1. The Hall–Kier alpha value is -0.150. The van der Waals surface area contributed by atoms with Gasteiger partial charge < -0.3 is 0 Å². The molecule has 0 saturated carbocycles. The van der Waals surface area contributed by atoms with Crippen LogP contribution in [-0.4, -0.2) is 16.5 Å². The number of hydrogen-bond acceptors (Lipinski definition) is 3. The van der Waals surface area contributed by atoms with Crippen LogP contribution in [0.3, 0.4) is 0 Å². The molecule has 1 aromatic rings. The molecule has 12 heavy (non-hydrogen) atoms. The molecule has 0 aliphatic heterocycles. The maximum atomic E-state index is 4.18. The largest absolute Gasteiger partial charge is 0.264 e. The predicted molar refractivity (Wildman–Crippen MR) is 59.4 cm³/mol. The second kappa shape index (κ2) is 5.49. The molecule has 3 heteroatoms. The zero-order valence-electron chi connectivity index (χ0n) is 6.90. The Kier molecular flexibility index (Phi) is 4.54. The summed E-state index contributed by atoms with van der Waals surface area (Å²) in [5.41, 5.74) is 2.54. The Morgan fingerprint density at radius 3 is 1.92 bits per heavy atom.